The molecule has 0 aliphatic heterocycles. The van der Waals surface area contributed by atoms with Crippen LogP contribution in [0.5, 0.6) is 5.75 Å². The number of halogens is 1. The highest BCUT2D eigenvalue weighted by Gasteiger charge is 2.04. The van der Waals surface area contributed by atoms with E-state index in [4.69, 9.17) is 11.6 Å². The van der Waals surface area contributed by atoms with Gasteiger partial charge >= 0.3 is 0 Å². The molecule has 2 aromatic rings. The first kappa shape index (κ1) is 13.9. The lowest BCUT2D eigenvalue weighted by atomic mass is 10.1. The molecule has 0 spiro atoms. The van der Waals surface area contributed by atoms with Gasteiger partial charge in [0.2, 0.25) is 0 Å². The van der Waals surface area contributed by atoms with Gasteiger partial charge in [-0.25, -0.2) is 0 Å². The Balaban J connectivity index is 1.98. The average Bonchev–Trinajstić information content (AvgIpc) is 2.38. The van der Waals surface area contributed by atoms with Crippen molar-refractivity contribution in [2.24, 2.45) is 0 Å². The summed E-state index contributed by atoms with van der Waals surface area (Å²) >= 11 is 6.10. The second-order valence-corrected chi connectivity index (χ2v) is 5.18. The van der Waals surface area contributed by atoms with E-state index in [2.05, 4.69) is 5.32 Å². The fourth-order valence-electron chi connectivity index (χ4n) is 2.13. The van der Waals surface area contributed by atoms with Crippen molar-refractivity contribution in [3.8, 4) is 5.75 Å². The summed E-state index contributed by atoms with van der Waals surface area (Å²) < 4.78 is 0. The lowest BCUT2D eigenvalue weighted by molar-refractivity contribution is 0.466. The number of nitrogens with one attached hydrogen (secondary N) is 1. The zero-order valence-corrected chi connectivity index (χ0v) is 12.0. The lowest BCUT2D eigenvalue weighted by Crippen LogP contribution is -2.13. The van der Waals surface area contributed by atoms with Crippen molar-refractivity contribution in [1.29, 1.82) is 0 Å². The first-order valence-corrected chi connectivity index (χ1v) is 6.69. The van der Waals surface area contributed by atoms with E-state index in [0.29, 0.717) is 5.75 Å². The molecule has 2 N–H and O–H groups in total. The Bertz CT molecular complexity index is 558. The summed E-state index contributed by atoms with van der Waals surface area (Å²) in [4.78, 5) is 0. The van der Waals surface area contributed by atoms with E-state index in [1.807, 2.05) is 50.2 Å². The van der Waals surface area contributed by atoms with Gasteiger partial charge in [0.1, 0.15) is 5.75 Å². The fraction of sp³-hybridized carbons (Fsp3) is 0.250. The molecule has 0 aliphatic rings. The Morgan fingerprint density at radius 3 is 2.32 bits per heavy atom. The maximum absolute atomic E-state index is 9.73. The molecule has 0 unspecified atom stereocenters. The molecule has 2 rings (SSSR count). The maximum atomic E-state index is 9.73. The first-order chi connectivity index (χ1) is 9.08. The second-order valence-electron chi connectivity index (χ2n) is 4.77. The summed E-state index contributed by atoms with van der Waals surface area (Å²) in [5.41, 5.74) is 4.08. The van der Waals surface area contributed by atoms with Crippen molar-refractivity contribution >= 4 is 11.6 Å². The number of aromatic hydroxyl groups is 1. The molecule has 0 aliphatic carbocycles. The predicted molar refractivity (Wildman–Crippen MR) is 79.6 cm³/mol. The largest absolute Gasteiger partial charge is 0.507 e. The van der Waals surface area contributed by atoms with Gasteiger partial charge in [0.05, 0.1) is 0 Å². The summed E-state index contributed by atoms with van der Waals surface area (Å²) in [6.07, 6.45) is 0. The Labute approximate surface area is 119 Å². The van der Waals surface area contributed by atoms with Crippen molar-refractivity contribution in [3.05, 3.63) is 63.7 Å². The third-order valence-electron chi connectivity index (χ3n) is 3.15. The average molecular weight is 276 g/mol. The second kappa shape index (κ2) is 6.09. The Morgan fingerprint density at radius 2 is 1.68 bits per heavy atom. The fourth-order valence-corrected chi connectivity index (χ4v) is 2.33. The monoisotopic (exact) mass is 275 g/mol. The van der Waals surface area contributed by atoms with Gasteiger partial charge in [-0.2, -0.15) is 0 Å². The van der Waals surface area contributed by atoms with Gasteiger partial charge < -0.3 is 10.4 Å². The molecular formula is C16H18ClNO. The van der Waals surface area contributed by atoms with Crippen molar-refractivity contribution < 1.29 is 5.11 Å². The van der Waals surface area contributed by atoms with E-state index in [1.165, 1.54) is 5.56 Å². The normalized spacial score (nSPS) is 10.7. The number of rotatable bonds is 4. The van der Waals surface area contributed by atoms with Gasteiger partial charge in [0.15, 0.2) is 0 Å². The molecule has 0 bridgehead atoms. The van der Waals surface area contributed by atoms with Crippen molar-refractivity contribution in [2.45, 2.75) is 26.9 Å². The number of phenols is 1. The smallest absolute Gasteiger partial charge is 0.121 e. The van der Waals surface area contributed by atoms with Crippen molar-refractivity contribution in [3.63, 3.8) is 0 Å². The van der Waals surface area contributed by atoms with Crippen LogP contribution in [0.25, 0.3) is 0 Å². The van der Waals surface area contributed by atoms with Crippen LogP contribution in [0.15, 0.2) is 36.4 Å². The SMILES string of the molecule is Cc1cc(CNCc2ccccc2Cl)cc(C)c1O. The number of hydrogen-bond acceptors (Lipinski definition) is 2. The molecule has 100 valence electrons. The quantitative estimate of drug-likeness (QED) is 0.885. The van der Waals surface area contributed by atoms with E-state index in [-0.39, 0.29) is 0 Å². The number of hydrogen-bond donors (Lipinski definition) is 2. The van der Waals surface area contributed by atoms with Gasteiger partial charge in [0.25, 0.3) is 0 Å². The molecule has 0 heterocycles. The predicted octanol–water partition coefficient (Wildman–Crippen LogP) is 3.95. The van der Waals surface area contributed by atoms with E-state index in [1.54, 1.807) is 0 Å². The molecule has 0 saturated carbocycles. The van der Waals surface area contributed by atoms with Gasteiger partial charge in [-0.15, -0.1) is 0 Å². The zero-order valence-electron chi connectivity index (χ0n) is 11.2. The minimum atomic E-state index is 0.384. The van der Waals surface area contributed by atoms with Crippen LogP contribution in [0.3, 0.4) is 0 Å². The Kier molecular flexibility index (Phi) is 4.46. The van der Waals surface area contributed by atoms with E-state index in [0.717, 1.165) is 34.8 Å². The third-order valence-corrected chi connectivity index (χ3v) is 3.52. The Morgan fingerprint density at radius 1 is 1.05 bits per heavy atom. The van der Waals surface area contributed by atoms with Crippen LogP contribution >= 0.6 is 11.6 Å². The zero-order chi connectivity index (χ0) is 13.8. The van der Waals surface area contributed by atoms with Gasteiger partial charge in [-0.1, -0.05) is 41.9 Å². The van der Waals surface area contributed by atoms with E-state index in [9.17, 15) is 5.11 Å². The number of benzene rings is 2. The minimum Gasteiger partial charge on any atom is -0.507 e. The maximum Gasteiger partial charge on any atom is 0.121 e. The molecule has 0 aromatic heterocycles. The molecular weight excluding hydrogens is 258 g/mol. The third kappa shape index (κ3) is 3.49. The Hall–Kier alpha value is -1.51. The van der Waals surface area contributed by atoms with Crippen LogP contribution < -0.4 is 5.32 Å². The van der Waals surface area contributed by atoms with E-state index < -0.39 is 0 Å². The van der Waals surface area contributed by atoms with Crippen molar-refractivity contribution in [2.75, 3.05) is 0 Å². The standard InChI is InChI=1S/C16H18ClNO/c1-11-7-13(8-12(2)16(11)19)9-18-10-14-5-3-4-6-15(14)17/h3-8,18-19H,9-10H2,1-2H3. The number of aryl methyl sites for hydroxylation is 2. The van der Waals surface area contributed by atoms with Crippen LogP contribution in [0.4, 0.5) is 0 Å². The molecule has 0 amide bonds. The van der Waals surface area contributed by atoms with Gasteiger partial charge in [-0.3, -0.25) is 0 Å². The topological polar surface area (TPSA) is 32.3 Å². The van der Waals surface area contributed by atoms with Crippen LogP contribution in [0.1, 0.15) is 22.3 Å². The molecule has 0 saturated heterocycles. The highest BCUT2D eigenvalue weighted by Crippen LogP contribution is 2.23. The van der Waals surface area contributed by atoms with Crippen LogP contribution in [0, 0.1) is 13.8 Å². The first-order valence-electron chi connectivity index (χ1n) is 6.31. The number of phenolic OH excluding ortho intramolecular Hbond substituents is 1. The molecule has 0 radical (unpaired) electrons. The van der Waals surface area contributed by atoms with Crippen molar-refractivity contribution in [1.82, 2.24) is 5.32 Å². The van der Waals surface area contributed by atoms with Gasteiger partial charge in [0, 0.05) is 18.1 Å². The summed E-state index contributed by atoms with van der Waals surface area (Å²) in [5, 5.41) is 13.9. The molecule has 0 atom stereocenters. The van der Waals surface area contributed by atoms with Crippen LogP contribution in [-0.4, -0.2) is 5.11 Å². The molecule has 3 heteroatoms. The summed E-state index contributed by atoms with van der Waals surface area (Å²) in [6.45, 7) is 5.33. The molecule has 19 heavy (non-hydrogen) atoms. The summed E-state index contributed by atoms with van der Waals surface area (Å²) in [5.74, 6) is 0.384. The van der Waals surface area contributed by atoms with Gasteiger partial charge in [-0.05, 0) is 42.2 Å². The summed E-state index contributed by atoms with van der Waals surface area (Å²) in [6, 6.07) is 11.8. The molecule has 0 fully saturated rings. The van der Waals surface area contributed by atoms with Crippen LogP contribution in [-0.2, 0) is 13.1 Å². The molecule has 2 nitrogen and oxygen atoms in total. The van der Waals surface area contributed by atoms with E-state index >= 15 is 0 Å². The highest BCUT2D eigenvalue weighted by atomic mass is 35.5. The summed E-state index contributed by atoms with van der Waals surface area (Å²) in [7, 11) is 0. The minimum absolute atomic E-state index is 0.384. The molecule has 2 aromatic carbocycles. The highest BCUT2D eigenvalue weighted by molar-refractivity contribution is 6.31. The van der Waals surface area contributed by atoms with Crippen LogP contribution in [0.2, 0.25) is 5.02 Å². The lowest BCUT2D eigenvalue weighted by Gasteiger charge is -2.10.